The van der Waals surface area contributed by atoms with Gasteiger partial charge in [-0.1, -0.05) is 6.07 Å². The first-order chi connectivity index (χ1) is 9.24. The van der Waals surface area contributed by atoms with Crippen molar-refractivity contribution in [2.75, 3.05) is 30.5 Å². The molecule has 1 fully saturated rings. The van der Waals surface area contributed by atoms with Gasteiger partial charge in [-0.2, -0.15) is 0 Å². The zero-order valence-corrected chi connectivity index (χ0v) is 11.9. The lowest BCUT2D eigenvalue weighted by molar-refractivity contribution is 0.128. The number of rotatable bonds is 7. The van der Waals surface area contributed by atoms with E-state index in [0.717, 1.165) is 31.6 Å². The molecule has 106 valence electrons. The van der Waals surface area contributed by atoms with Gasteiger partial charge in [0.2, 0.25) is 0 Å². The van der Waals surface area contributed by atoms with Gasteiger partial charge in [-0.25, -0.2) is 0 Å². The topological polar surface area (TPSA) is 61.5 Å². The highest BCUT2D eigenvalue weighted by Gasteiger charge is 2.17. The molecule has 0 aliphatic carbocycles. The molecule has 1 aliphatic heterocycles. The summed E-state index contributed by atoms with van der Waals surface area (Å²) in [6.45, 7) is 1.39. The Labute approximate surface area is 116 Å². The predicted octanol–water partition coefficient (Wildman–Crippen LogP) is 1.97. The maximum absolute atomic E-state index is 11.8. The fourth-order valence-corrected chi connectivity index (χ4v) is 3.36. The van der Waals surface area contributed by atoms with Crippen LogP contribution in [0.15, 0.2) is 24.3 Å². The van der Waals surface area contributed by atoms with Crippen LogP contribution >= 0.6 is 0 Å². The molecule has 2 atom stereocenters. The molecule has 1 aromatic rings. The predicted molar refractivity (Wildman–Crippen MR) is 77.8 cm³/mol. The van der Waals surface area contributed by atoms with Crippen LogP contribution in [-0.4, -0.2) is 35.0 Å². The second-order valence-electron chi connectivity index (χ2n) is 4.72. The lowest BCUT2D eigenvalue weighted by atomic mass is 10.3. The largest absolute Gasteiger partial charge is 0.493 e. The normalized spacial score (nSPS) is 20.3. The molecule has 5 heteroatoms. The summed E-state index contributed by atoms with van der Waals surface area (Å²) in [5.41, 5.74) is 6.35. The highest BCUT2D eigenvalue weighted by Crippen LogP contribution is 2.15. The first kappa shape index (κ1) is 14.3. The van der Waals surface area contributed by atoms with E-state index in [-0.39, 0.29) is 6.10 Å². The lowest BCUT2D eigenvalue weighted by Crippen LogP contribution is -2.18. The molecule has 4 nitrogen and oxygen atoms in total. The molecule has 0 bridgehead atoms. The van der Waals surface area contributed by atoms with E-state index in [1.54, 1.807) is 6.07 Å². The van der Waals surface area contributed by atoms with Crippen LogP contribution in [0.25, 0.3) is 0 Å². The van der Waals surface area contributed by atoms with Crippen LogP contribution in [0, 0.1) is 0 Å². The van der Waals surface area contributed by atoms with E-state index < -0.39 is 10.8 Å². The van der Waals surface area contributed by atoms with Crippen molar-refractivity contribution in [3.05, 3.63) is 24.3 Å². The number of ether oxygens (including phenoxy) is 2. The maximum Gasteiger partial charge on any atom is 0.121 e. The van der Waals surface area contributed by atoms with Gasteiger partial charge in [-0.3, -0.25) is 4.21 Å². The number of nitrogen functional groups attached to an aromatic ring is 1. The van der Waals surface area contributed by atoms with Crippen LogP contribution in [0.1, 0.15) is 19.3 Å². The van der Waals surface area contributed by atoms with Crippen LogP contribution < -0.4 is 10.5 Å². The number of benzene rings is 1. The summed E-state index contributed by atoms with van der Waals surface area (Å²) in [6.07, 6.45) is 3.13. The van der Waals surface area contributed by atoms with Gasteiger partial charge in [0.15, 0.2) is 0 Å². The molecule has 1 heterocycles. The summed E-state index contributed by atoms with van der Waals surface area (Å²) >= 11 is 0. The third kappa shape index (κ3) is 5.20. The van der Waals surface area contributed by atoms with Gasteiger partial charge in [-0.05, 0) is 31.4 Å². The molecule has 0 aromatic heterocycles. The zero-order valence-electron chi connectivity index (χ0n) is 11.0. The summed E-state index contributed by atoms with van der Waals surface area (Å²) in [4.78, 5) is 0. The van der Waals surface area contributed by atoms with Gasteiger partial charge in [0.05, 0.1) is 12.7 Å². The molecule has 0 spiro atoms. The van der Waals surface area contributed by atoms with Crippen LogP contribution in [-0.2, 0) is 15.5 Å². The molecule has 1 saturated heterocycles. The average Bonchev–Trinajstić information content (AvgIpc) is 2.87. The van der Waals surface area contributed by atoms with E-state index in [2.05, 4.69) is 0 Å². The minimum absolute atomic E-state index is 0.204. The molecule has 0 radical (unpaired) electrons. The molecule has 0 saturated carbocycles. The number of anilines is 1. The zero-order chi connectivity index (χ0) is 13.5. The number of nitrogens with two attached hydrogens (primary N) is 1. The van der Waals surface area contributed by atoms with E-state index in [1.165, 1.54) is 0 Å². The summed E-state index contributed by atoms with van der Waals surface area (Å²) in [6, 6.07) is 7.35. The molecule has 2 N–H and O–H groups in total. The molecular weight excluding hydrogens is 262 g/mol. The Balaban J connectivity index is 1.59. The summed E-state index contributed by atoms with van der Waals surface area (Å²) in [5.74, 6) is 2.10. The molecule has 19 heavy (non-hydrogen) atoms. The van der Waals surface area contributed by atoms with E-state index in [4.69, 9.17) is 15.2 Å². The van der Waals surface area contributed by atoms with E-state index in [9.17, 15) is 4.21 Å². The van der Waals surface area contributed by atoms with Crippen molar-refractivity contribution in [2.24, 2.45) is 0 Å². The molecule has 2 unspecified atom stereocenters. The first-order valence-corrected chi connectivity index (χ1v) is 8.18. The van der Waals surface area contributed by atoms with Gasteiger partial charge in [-0.15, -0.1) is 0 Å². The van der Waals surface area contributed by atoms with Gasteiger partial charge in [0, 0.05) is 40.7 Å². The highest BCUT2D eigenvalue weighted by molar-refractivity contribution is 7.85. The molecule has 2 rings (SSSR count). The Bertz CT molecular complexity index is 419. The Morgan fingerprint density at radius 3 is 3.11 bits per heavy atom. The van der Waals surface area contributed by atoms with Crippen LogP contribution in [0.3, 0.4) is 0 Å². The van der Waals surface area contributed by atoms with Gasteiger partial charge in [0.1, 0.15) is 5.75 Å². The van der Waals surface area contributed by atoms with Crippen LogP contribution in [0.2, 0.25) is 0 Å². The fourth-order valence-electron chi connectivity index (χ4n) is 2.08. The summed E-state index contributed by atoms with van der Waals surface area (Å²) < 4.78 is 22.9. The van der Waals surface area contributed by atoms with E-state index >= 15 is 0 Å². The Morgan fingerprint density at radius 2 is 2.37 bits per heavy atom. The van der Waals surface area contributed by atoms with Crippen molar-refractivity contribution in [3.8, 4) is 5.75 Å². The second-order valence-corrected chi connectivity index (χ2v) is 6.34. The van der Waals surface area contributed by atoms with Gasteiger partial charge >= 0.3 is 0 Å². The van der Waals surface area contributed by atoms with Crippen molar-refractivity contribution in [2.45, 2.75) is 25.4 Å². The van der Waals surface area contributed by atoms with Gasteiger partial charge < -0.3 is 15.2 Å². The average molecular weight is 283 g/mol. The number of hydrogen-bond acceptors (Lipinski definition) is 4. The standard InChI is InChI=1S/C14H21NO3S/c15-12-4-1-5-13(10-12)17-8-3-9-19(16)11-14-6-2-7-18-14/h1,4-5,10,14H,2-3,6-9,11,15H2. The second kappa shape index (κ2) is 7.50. The quantitative estimate of drug-likeness (QED) is 0.614. The molecular formula is C14H21NO3S. The first-order valence-electron chi connectivity index (χ1n) is 6.69. The third-order valence-electron chi connectivity index (χ3n) is 3.04. The molecule has 0 amide bonds. The Morgan fingerprint density at radius 1 is 1.47 bits per heavy atom. The minimum atomic E-state index is -0.802. The number of hydrogen-bond donors (Lipinski definition) is 1. The maximum atomic E-state index is 11.8. The van der Waals surface area contributed by atoms with Crippen molar-refractivity contribution >= 4 is 16.5 Å². The third-order valence-corrected chi connectivity index (χ3v) is 4.53. The minimum Gasteiger partial charge on any atom is -0.493 e. The summed E-state index contributed by atoms with van der Waals surface area (Å²) in [5, 5.41) is 0. The molecule has 1 aromatic carbocycles. The van der Waals surface area contributed by atoms with Crippen molar-refractivity contribution in [3.63, 3.8) is 0 Å². The Hall–Kier alpha value is -1.07. The lowest BCUT2D eigenvalue weighted by Gasteiger charge is -2.09. The molecule has 1 aliphatic rings. The Kier molecular flexibility index (Phi) is 5.66. The highest BCUT2D eigenvalue weighted by atomic mass is 32.2. The van der Waals surface area contributed by atoms with E-state index in [1.807, 2.05) is 18.2 Å². The van der Waals surface area contributed by atoms with Crippen molar-refractivity contribution in [1.82, 2.24) is 0 Å². The monoisotopic (exact) mass is 283 g/mol. The smallest absolute Gasteiger partial charge is 0.121 e. The van der Waals surface area contributed by atoms with Crippen LogP contribution in [0.5, 0.6) is 5.75 Å². The summed E-state index contributed by atoms with van der Waals surface area (Å²) in [7, 11) is -0.802. The van der Waals surface area contributed by atoms with Crippen molar-refractivity contribution < 1.29 is 13.7 Å². The SMILES string of the molecule is Nc1cccc(OCCCS(=O)CC2CCCO2)c1. The van der Waals surface area contributed by atoms with E-state index in [0.29, 0.717) is 23.8 Å². The van der Waals surface area contributed by atoms with Gasteiger partial charge in [0.25, 0.3) is 0 Å². The van der Waals surface area contributed by atoms with Crippen molar-refractivity contribution in [1.29, 1.82) is 0 Å². The van der Waals surface area contributed by atoms with Crippen LogP contribution in [0.4, 0.5) is 5.69 Å². The fraction of sp³-hybridized carbons (Fsp3) is 0.571.